The van der Waals surface area contributed by atoms with Crippen LogP contribution in [0.25, 0.3) is 16.7 Å². The van der Waals surface area contributed by atoms with Crippen LogP contribution in [0.2, 0.25) is 5.02 Å². The number of carbonyl (C=O) groups excluding carboxylic acids is 1. The van der Waals surface area contributed by atoms with Crippen molar-refractivity contribution in [3.63, 3.8) is 0 Å². The first kappa shape index (κ1) is 14.4. The maximum Gasteiger partial charge on any atom is 0.232 e. The van der Waals surface area contributed by atoms with Crippen molar-refractivity contribution in [3.05, 3.63) is 65.1 Å². The monoisotopic (exact) mass is 312 g/mol. The van der Waals surface area contributed by atoms with E-state index in [-0.39, 0.29) is 5.89 Å². The minimum absolute atomic E-state index is 0.280. The zero-order valence-corrected chi connectivity index (χ0v) is 12.6. The van der Waals surface area contributed by atoms with Gasteiger partial charge in [0.05, 0.1) is 5.57 Å². The van der Waals surface area contributed by atoms with E-state index in [9.17, 15) is 4.79 Å². The van der Waals surface area contributed by atoms with E-state index in [1.165, 1.54) is 0 Å². The summed E-state index contributed by atoms with van der Waals surface area (Å²) in [7, 11) is 0. The predicted molar refractivity (Wildman–Crippen MR) is 87.9 cm³/mol. The number of halogens is 1. The van der Waals surface area contributed by atoms with E-state index in [0.29, 0.717) is 28.0 Å². The summed E-state index contributed by atoms with van der Waals surface area (Å²) in [5, 5.41) is 3.69. The van der Waals surface area contributed by atoms with Gasteiger partial charge >= 0.3 is 0 Å². The fourth-order valence-corrected chi connectivity index (χ4v) is 2.17. The standard InChI is InChI=1S/C17H13ClN2O2/c1-11-6-7-13(8-14(11)18)19-9-12(10-21)17-20-15-4-2-3-5-16(15)22-17/h2-10,19H,1H3/b12-9-. The topological polar surface area (TPSA) is 55.1 Å². The normalized spacial score (nSPS) is 11.6. The Balaban J connectivity index is 1.89. The quantitative estimate of drug-likeness (QED) is 0.571. The average Bonchev–Trinajstić information content (AvgIpc) is 2.95. The minimum Gasteiger partial charge on any atom is -0.436 e. The number of nitrogens with zero attached hydrogens (tertiary/aromatic N) is 1. The van der Waals surface area contributed by atoms with Crippen molar-refractivity contribution >= 4 is 40.2 Å². The van der Waals surface area contributed by atoms with Crippen LogP contribution in [0.5, 0.6) is 0 Å². The van der Waals surface area contributed by atoms with E-state index < -0.39 is 0 Å². The molecule has 22 heavy (non-hydrogen) atoms. The Morgan fingerprint density at radius 1 is 1.27 bits per heavy atom. The molecule has 0 saturated carbocycles. The van der Waals surface area contributed by atoms with Crippen LogP contribution in [0, 0.1) is 6.92 Å². The number of anilines is 1. The summed E-state index contributed by atoms with van der Waals surface area (Å²) in [6, 6.07) is 12.9. The van der Waals surface area contributed by atoms with Crippen molar-refractivity contribution in [3.8, 4) is 0 Å². The third kappa shape index (κ3) is 2.87. The lowest BCUT2D eigenvalue weighted by molar-refractivity contribution is -0.103. The van der Waals surface area contributed by atoms with Crippen LogP contribution in [-0.2, 0) is 4.79 Å². The highest BCUT2D eigenvalue weighted by molar-refractivity contribution is 6.31. The number of hydrogen-bond donors (Lipinski definition) is 1. The first-order valence-electron chi connectivity index (χ1n) is 6.71. The van der Waals surface area contributed by atoms with Gasteiger partial charge in [-0.25, -0.2) is 4.98 Å². The number of hydrogen-bond acceptors (Lipinski definition) is 4. The van der Waals surface area contributed by atoms with Gasteiger partial charge < -0.3 is 9.73 Å². The molecule has 1 heterocycles. The molecule has 3 rings (SSSR count). The third-order valence-electron chi connectivity index (χ3n) is 3.23. The van der Waals surface area contributed by atoms with Gasteiger partial charge in [0.2, 0.25) is 5.89 Å². The number of aromatic nitrogens is 1. The van der Waals surface area contributed by atoms with Crippen molar-refractivity contribution in [1.82, 2.24) is 4.98 Å². The summed E-state index contributed by atoms with van der Waals surface area (Å²) in [6.07, 6.45) is 2.26. The molecule has 0 spiro atoms. The molecule has 1 N–H and O–H groups in total. The van der Waals surface area contributed by atoms with Crippen LogP contribution in [0.1, 0.15) is 11.5 Å². The molecular formula is C17H13ClN2O2. The van der Waals surface area contributed by atoms with E-state index in [1.807, 2.05) is 37.3 Å². The fraction of sp³-hybridized carbons (Fsp3) is 0.0588. The van der Waals surface area contributed by atoms with Gasteiger partial charge in [-0.15, -0.1) is 0 Å². The number of para-hydroxylation sites is 2. The van der Waals surface area contributed by atoms with E-state index in [2.05, 4.69) is 10.3 Å². The Morgan fingerprint density at radius 3 is 2.82 bits per heavy atom. The molecule has 0 fully saturated rings. The smallest absolute Gasteiger partial charge is 0.232 e. The van der Waals surface area contributed by atoms with Crippen LogP contribution >= 0.6 is 11.6 Å². The molecular weight excluding hydrogens is 300 g/mol. The number of oxazole rings is 1. The van der Waals surface area contributed by atoms with Gasteiger partial charge in [0.1, 0.15) is 5.52 Å². The fourth-order valence-electron chi connectivity index (χ4n) is 1.99. The Kier molecular flexibility index (Phi) is 3.94. The molecule has 0 atom stereocenters. The van der Waals surface area contributed by atoms with E-state index in [1.54, 1.807) is 18.3 Å². The molecule has 5 heteroatoms. The SMILES string of the molecule is Cc1ccc(N/C=C(/C=O)c2nc3ccccc3o2)cc1Cl. The highest BCUT2D eigenvalue weighted by Crippen LogP contribution is 2.22. The van der Waals surface area contributed by atoms with Gasteiger partial charge in [0.25, 0.3) is 0 Å². The molecule has 4 nitrogen and oxygen atoms in total. The largest absolute Gasteiger partial charge is 0.436 e. The zero-order chi connectivity index (χ0) is 15.5. The Hall–Kier alpha value is -2.59. The average molecular weight is 313 g/mol. The summed E-state index contributed by atoms with van der Waals surface area (Å²) in [6.45, 7) is 1.93. The third-order valence-corrected chi connectivity index (χ3v) is 3.64. The lowest BCUT2D eigenvalue weighted by Gasteiger charge is -2.04. The Labute approximate surface area is 132 Å². The molecule has 0 radical (unpaired) electrons. The molecule has 0 aliphatic carbocycles. The highest BCUT2D eigenvalue weighted by atomic mass is 35.5. The summed E-state index contributed by atoms with van der Waals surface area (Å²) >= 11 is 6.07. The second-order valence-electron chi connectivity index (χ2n) is 4.81. The van der Waals surface area contributed by atoms with Crippen LogP contribution in [0.4, 0.5) is 5.69 Å². The van der Waals surface area contributed by atoms with Crippen LogP contribution < -0.4 is 5.32 Å². The number of aryl methyl sites for hydroxylation is 1. The molecule has 110 valence electrons. The number of benzene rings is 2. The first-order chi connectivity index (χ1) is 10.7. The Morgan fingerprint density at radius 2 is 2.09 bits per heavy atom. The molecule has 0 bridgehead atoms. The predicted octanol–water partition coefficient (Wildman–Crippen LogP) is 4.44. The van der Waals surface area contributed by atoms with Crippen molar-refractivity contribution in [2.75, 3.05) is 5.32 Å². The second kappa shape index (κ2) is 6.03. The van der Waals surface area contributed by atoms with Crippen molar-refractivity contribution < 1.29 is 9.21 Å². The van der Waals surface area contributed by atoms with E-state index in [0.717, 1.165) is 11.3 Å². The molecule has 0 aliphatic rings. The van der Waals surface area contributed by atoms with Gasteiger partial charge in [0, 0.05) is 16.9 Å². The number of carbonyl (C=O) groups is 1. The molecule has 0 saturated heterocycles. The molecule has 0 amide bonds. The molecule has 1 aromatic heterocycles. The molecule has 0 unspecified atom stereocenters. The highest BCUT2D eigenvalue weighted by Gasteiger charge is 2.09. The van der Waals surface area contributed by atoms with Crippen molar-refractivity contribution in [2.45, 2.75) is 6.92 Å². The van der Waals surface area contributed by atoms with Crippen LogP contribution in [-0.4, -0.2) is 11.3 Å². The molecule has 0 aliphatic heterocycles. The maximum absolute atomic E-state index is 11.3. The van der Waals surface area contributed by atoms with Gasteiger partial charge in [-0.05, 0) is 36.8 Å². The number of rotatable bonds is 4. The van der Waals surface area contributed by atoms with Gasteiger partial charge in [-0.1, -0.05) is 29.8 Å². The number of allylic oxidation sites excluding steroid dienone is 1. The Bertz CT molecular complexity index is 835. The van der Waals surface area contributed by atoms with E-state index in [4.69, 9.17) is 16.0 Å². The molecule has 3 aromatic rings. The lowest BCUT2D eigenvalue weighted by Crippen LogP contribution is -1.94. The number of nitrogens with one attached hydrogen (secondary N) is 1. The first-order valence-corrected chi connectivity index (χ1v) is 7.09. The number of aldehydes is 1. The minimum atomic E-state index is 0.280. The summed E-state index contributed by atoms with van der Waals surface area (Å²) in [5.74, 6) is 0.280. The van der Waals surface area contributed by atoms with Crippen molar-refractivity contribution in [2.24, 2.45) is 0 Å². The summed E-state index contributed by atoms with van der Waals surface area (Å²) < 4.78 is 5.58. The lowest BCUT2D eigenvalue weighted by atomic mass is 10.2. The van der Waals surface area contributed by atoms with Gasteiger partial charge in [0.15, 0.2) is 11.9 Å². The summed E-state index contributed by atoms with van der Waals surface area (Å²) in [5.41, 5.74) is 3.46. The van der Waals surface area contributed by atoms with E-state index >= 15 is 0 Å². The van der Waals surface area contributed by atoms with Crippen LogP contribution in [0.15, 0.2) is 53.1 Å². The maximum atomic E-state index is 11.3. The second-order valence-corrected chi connectivity index (χ2v) is 5.22. The van der Waals surface area contributed by atoms with Gasteiger partial charge in [-0.3, -0.25) is 4.79 Å². The number of fused-ring (bicyclic) bond motifs is 1. The van der Waals surface area contributed by atoms with Crippen LogP contribution in [0.3, 0.4) is 0 Å². The van der Waals surface area contributed by atoms with Gasteiger partial charge in [-0.2, -0.15) is 0 Å². The van der Waals surface area contributed by atoms with Crippen molar-refractivity contribution in [1.29, 1.82) is 0 Å². The summed E-state index contributed by atoms with van der Waals surface area (Å²) in [4.78, 5) is 15.6. The zero-order valence-electron chi connectivity index (χ0n) is 11.8. The molecule has 2 aromatic carbocycles.